The number of rotatable bonds is 1. The summed E-state index contributed by atoms with van der Waals surface area (Å²) in [6.45, 7) is 1.54. The predicted molar refractivity (Wildman–Crippen MR) is 88.5 cm³/mol. The minimum absolute atomic E-state index is 0.165. The molecule has 1 amide bonds. The number of para-hydroxylation sites is 1. The lowest BCUT2D eigenvalue weighted by atomic mass is 9.75. The fraction of sp³-hybridized carbons (Fsp3) is 0.474. The van der Waals surface area contributed by atoms with Crippen molar-refractivity contribution in [1.29, 1.82) is 0 Å². The van der Waals surface area contributed by atoms with Gasteiger partial charge in [0.25, 0.3) is 5.91 Å². The average molecular weight is 311 g/mol. The fourth-order valence-electron chi connectivity index (χ4n) is 4.17. The molecule has 120 valence electrons. The molecule has 4 heteroatoms. The number of fused-ring (bicyclic) bond motifs is 2. The summed E-state index contributed by atoms with van der Waals surface area (Å²) in [4.78, 5) is 26.8. The van der Waals surface area contributed by atoms with Crippen LogP contribution in [0.5, 0.6) is 0 Å². The topological polar surface area (TPSA) is 50.5 Å². The van der Waals surface area contributed by atoms with Crippen LogP contribution in [0.3, 0.4) is 0 Å². The summed E-state index contributed by atoms with van der Waals surface area (Å²) in [5.74, 6) is 1.20. The normalized spacial score (nSPS) is 24.4. The Balaban J connectivity index is 1.61. The molecule has 0 bridgehead atoms. The van der Waals surface area contributed by atoms with Crippen LogP contribution in [0.4, 0.5) is 0 Å². The van der Waals surface area contributed by atoms with E-state index in [1.807, 2.05) is 23.1 Å². The van der Waals surface area contributed by atoms with E-state index in [4.69, 9.17) is 4.42 Å². The number of likely N-dealkylation sites (tertiary alicyclic amines) is 1. The first-order valence-corrected chi connectivity index (χ1v) is 8.54. The number of nitrogens with zero attached hydrogens (tertiary/aromatic N) is 1. The smallest absolute Gasteiger partial charge is 0.349 e. The Labute approximate surface area is 135 Å². The van der Waals surface area contributed by atoms with Crippen LogP contribution in [0, 0.1) is 11.8 Å². The quantitative estimate of drug-likeness (QED) is 0.758. The van der Waals surface area contributed by atoms with Crippen molar-refractivity contribution >= 4 is 16.9 Å². The van der Waals surface area contributed by atoms with Crippen LogP contribution in [0.1, 0.15) is 42.5 Å². The molecule has 4 nitrogen and oxygen atoms in total. The van der Waals surface area contributed by atoms with Gasteiger partial charge in [-0.25, -0.2) is 4.79 Å². The lowest BCUT2D eigenvalue weighted by molar-refractivity contribution is 0.0517. The Hall–Kier alpha value is -2.10. The van der Waals surface area contributed by atoms with Crippen molar-refractivity contribution in [3.05, 3.63) is 46.3 Å². The highest BCUT2D eigenvalue weighted by molar-refractivity contribution is 5.96. The maximum atomic E-state index is 12.8. The highest BCUT2D eigenvalue weighted by Crippen LogP contribution is 2.36. The highest BCUT2D eigenvalue weighted by Gasteiger charge is 2.34. The van der Waals surface area contributed by atoms with E-state index in [1.54, 1.807) is 12.1 Å². The largest absolute Gasteiger partial charge is 0.422 e. The first-order chi connectivity index (χ1) is 11.2. The molecule has 1 saturated heterocycles. The Morgan fingerprint density at radius 2 is 1.87 bits per heavy atom. The van der Waals surface area contributed by atoms with Gasteiger partial charge in [-0.1, -0.05) is 37.5 Å². The van der Waals surface area contributed by atoms with Crippen molar-refractivity contribution in [3.63, 3.8) is 0 Å². The van der Waals surface area contributed by atoms with Crippen molar-refractivity contribution in [2.24, 2.45) is 11.8 Å². The van der Waals surface area contributed by atoms with Crippen molar-refractivity contribution < 1.29 is 9.21 Å². The van der Waals surface area contributed by atoms with Crippen LogP contribution >= 0.6 is 0 Å². The van der Waals surface area contributed by atoms with Crippen LogP contribution in [0.2, 0.25) is 0 Å². The van der Waals surface area contributed by atoms with E-state index in [0.717, 1.165) is 30.8 Å². The van der Waals surface area contributed by atoms with Gasteiger partial charge in [-0.3, -0.25) is 4.79 Å². The van der Waals surface area contributed by atoms with Gasteiger partial charge in [0.05, 0.1) is 0 Å². The summed E-state index contributed by atoms with van der Waals surface area (Å²) < 4.78 is 5.31. The van der Waals surface area contributed by atoms with Crippen molar-refractivity contribution in [2.45, 2.75) is 32.1 Å². The zero-order valence-electron chi connectivity index (χ0n) is 13.2. The third kappa shape index (κ3) is 2.67. The number of amides is 1. The SMILES string of the molecule is O=C(c1cc2ccccc2oc1=O)N1CC[C@H]2CCCC[C@H]2C1. The number of hydrogen-bond acceptors (Lipinski definition) is 3. The molecule has 23 heavy (non-hydrogen) atoms. The van der Waals surface area contributed by atoms with Gasteiger partial charge in [0.2, 0.25) is 0 Å². The molecular weight excluding hydrogens is 290 g/mol. The summed E-state index contributed by atoms with van der Waals surface area (Å²) in [5, 5.41) is 0.794. The first kappa shape index (κ1) is 14.5. The summed E-state index contributed by atoms with van der Waals surface area (Å²) >= 11 is 0. The molecule has 2 aliphatic rings. The van der Waals surface area contributed by atoms with Crippen molar-refractivity contribution in [1.82, 2.24) is 4.90 Å². The Kier molecular flexibility index (Phi) is 3.68. The molecule has 2 heterocycles. The molecule has 1 aliphatic heterocycles. The molecular formula is C19H21NO3. The summed E-state index contributed by atoms with van der Waals surface area (Å²) in [7, 11) is 0. The number of piperidine rings is 1. The molecule has 4 rings (SSSR count). The molecule has 0 N–H and O–H groups in total. The van der Waals surface area contributed by atoms with E-state index in [0.29, 0.717) is 11.5 Å². The molecule has 0 unspecified atom stereocenters. The van der Waals surface area contributed by atoms with Gasteiger partial charge in [0.15, 0.2) is 0 Å². The Morgan fingerprint density at radius 3 is 2.74 bits per heavy atom. The van der Waals surface area contributed by atoms with Crippen LogP contribution in [0.25, 0.3) is 11.0 Å². The van der Waals surface area contributed by atoms with Gasteiger partial charge in [-0.2, -0.15) is 0 Å². The number of hydrogen-bond donors (Lipinski definition) is 0. The van der Waals surface area contributed by atoms with E-state index in [-0.39, 0.29) is 11.5 Å². The van der Waals surface area contributed by atoms with Gasteiger partial charge < -0.3 is 9.32 Å². The van der Waals surface area contributed by atoms with Gasteiger partial charge in [-0.15, -0.1) is 0 Å². The predicted octanol–water partition coefficient (Wildman–Crippen LogP) is 3.45. The van der Waals surface area contributed by atoms with Crippen molar-refractivity contribution in [2.75, 3.05) is 13.1 Å². The lowest BCUT2D eigenvalue weighted by Crippen LogP contribution is -2.45. The molecule has 1 aliphatic carbocycles. The zero-order chi connectivity index (χ0) is 15.8. The van der Waals surface area contributed by atoms with E-state index in [1.165, 1.54) is 25.7 Å². The molecule has 2 atom stereocenters. The van der Waals surface area contributed by atoms with E-state index < -0.39 is 5.63 Å². The first-order valence-electron chi connectivity index (χ1n) is 8.54. The number of carbonyl (C=O) groups excluding carboxylic acids is 1. The summed E-state index contributed by atoms with van der Waals surface area (Å²) in [6, 6.07) is 8.99. The highest BCUT2D eigenvalue weighted by atomic mass is 16.4. The maximum Gasteiger partial charge on any atom is 0.349 e. The molecule has 2 aromatic rings. The summed E-state index contributed by atoms with van der Waals surface area (Å²) in [6.07, 6.45) is 6.16. The van der Waals surface area contributed by atoms with E-state index >= 15 is 0 Å². The van der Waals surface area contributed by atoms with Gasteiger partial charge >= 0.3 is 5.63 Å². The second kappa shape index (κ2) is 5.84. The second-order valence-corrected chi connectivity index (χ2v) is 6.83. The van der Waals surface area contributed by atoms with Crippen molar-refractivity contribution in [3.8, 4) is 0 Å². The van der Waals surface area contributed by atoms with Crippen LogP contribution in [0.15, 0.2) is 39.5 Å². The maximum absolute atomic E-state index is 12.8. The fourth-order valence-corrected chi connectivity index (χ4v) is 4.17. The molecule has 2 fully saturated rings. The third-order valence-electron chi connectivity index (χ3n) is 5.45. The monoisotopic (exact) mass is 311 g/mol. The number of carbonyl (C=O) groups is 1. The second-order valence-electron chi connectivity index (χ2n) is 6.83. The Morgan fingerprint density at radius 1 is 1.09 bits per heavy atom. The number of benzene rings is 1. The van der Waals surface area contributed by atoms with Gasteiger partial charge in [-0.05, 0) is 36.8 Å². The summed E-state index contributed by atoms with van der Waals surface area (Å²) in [5.41, 5.74) is 0.164. The minimum atomic E-state index is -0.528. The average Bonchev–Trinajstić information content (AvgIpc) is 2.60. The molecule has 1 saturated carbocycles. The van der Waals surface area contributed by atoms with E-state index in [2.05, 4.69) is 0 Å². The molecule has 0 radical (unpaired) electrons. The van der Waals surface area contributed by atoms with Crippen LogP contribution in [-0.2, 0) is 0 Å². The molecule has 1 aromatic heterocycles. The Bertz CT molecular complexity index is 795. The standard InChI is InChI=1S/C19H21NO3/c21-18(20-10-9-13-5-1-2-7-15(13)12-20)16-11-14-6-3-4-8-17(14)23-19(16)22/h3-4,6,8,11,13,15H,1-2,5,7,9-10,12H2/t13-,15+/m1/s1. The third-order valence-corrected chi connectivity index (χ3v) is 5.45. The van der Waals surface area contributed by atoms with Gasteiger partial charge in [0, 0.05) is 18.5 Å². The van der Waals surface area contributed by atoms with Crippen LogP contribution < -0.4 is 5.63 Å². The zero-order valence-corrected chi connectivity index (χ0v) is 13.2. The molecule has 1 aromatic carbocycles. The van der Waals surface area contributed by atoms with Gasteiger partial charge in [0.1, 0.15) is 11.1 Å². The minimum Gasteiger partial charge on any atom is -0.422 e. The lowest BCUT2D eigenvalue weighted by Gasteiger charge is -2.41. The molecule has 0 spiro atoms. The van der Waals surface area contributed by atoms with Crippen LogP contribution in [-0.4, -0.2) is 23.9 Å². The van der Waals surface area contributed by atoms with E-state index in [9.17, 15) is 9.59 Å².